The van der Waals surface area contributed by atoms with E-state index < -0.39 is 41.7 Å². The summed E-state index contributed by atoms with van der Waals surface area (Å²) in [4.78, 5) is 52.1. The first kappa shape index (κ1) is 28.3. The van der Waals surface area contributed by atoms with Gasteiger partial charge in [0, 0.05) is 20.2 Å². The molecule has 1 aromatic heterocycles. The Morgan fingerprint density at radius 2 is 1.77 bits per heavy atom. The zero-order chi connectivity index (χ0) is 29.0. The molecule has 3 heterocycles. The molecule has 2 aromatic rings. The maximum Gasteiger partial charge on any atom is 0.414 e. The third-order valence-electron chi connectivity index (χ3n) is 6.37. The molecule has 2 aliphatic rings. The third kappa shape index (κ3) is 5.80. The molecule has 1 aromatic carbocycles. The van der Waals surface area contributed by atoms with E-state index in [0.29, 0.717) is 0 Å². The Balaban J connectivity index is 0.00000462. The fourth-order valence-corrected chi connectivity index (χ4v) is 4.42. The molecule has 0 unspecified atom stereocenters. The highest BCUT2D eigenvalue weighted by molar-refractivity contribution is 5.90. The number of aromatic nitrogens is 3. The van der Waals surface area contributed by atoms with E-state index in [0.717, 1.165) is 15.5 Å². The highest BCUT2D eigenvalue weighted by Gasteiger charge is 2.34. The molecular weight excluding hydrogens is 533 g/mol. The van der Waals surface area contributed by atoms with Crippen molar-refractivity contribution in [2.45, 2.75) is 25.6 Å². The van der Waals surface area contributed by atoms with Crippen LogP contribution >= 0.6 is 0 Å². The summed E-state index contributed by atoms with van der Waals surface area (Å²) in [5, 5.41) is 1.98. The van der Waals surface area contributed by atoms with E-state index in [1.165, 1.54) is 27.6 Å². The van der Waals surface area contributed by atoms with Gasteiger partial charge in [-0.1, -0.05) is 37.5 Å². The van der Waals surface area contributed by atoms with Crippen molar-refractivity contribution in [3.8, 4) is 0 Å². The summed E-state index contributed by atoms with van der Waals surface area (Å²) in [6, 6.07) is 4.11. The number of carbonyl (C=O) groups excluding carboxylic acids is 2. The van der Waals surface area contributed by atoms with Crippen LogP contribution in [-0.4, -0.2) is 64.6 Å². The Hall–Kier alpha value is -4.75. The van der Waals surface area contributed by atoms with Crippen molar-refractivity contribution in [3.63, 3.8) is 0 Å². The number of carbonyl (C=O) groups is 2. The summed E-state index contributed by atoms with van der Waals surface area (Å²) >= 11 is 0. The molecule has 0 spiro atoms. The number of rotatable bonds is 9. The van der Waals surface area contributed by atoms with Crippen LogP contribution in [0.1, 0.15) is 1.43 Å². The number of ether oxygens (including phenoxy) is 1. The number of nitrogens with zero attached hydrogens (tertiary/aromatic N) is 5. The van der Waals surface area contributed by atoms with Gasteiger partial charge < -0.3 is 15.0 Å². The molecule has 1 N–H and O–H groups in total. The number of benzene rings is 1. The van der Waals surface area contributed by atoms with Crippen molar-refractivity contribution >= 4 is 29.1 Å². The summed E-state index contributed by atoms with van der Waals surface area (Å²) in [6.45, 7) is 7.66. The molecule has 1 atom stereocenters. The molecule has 4 rings (SSSR count). The van der Waals surface area contributed by atoms with E-state index in [1.54, 1.807) is 29.2 Å². The Morgan fingerprint density at radius 1 is 1.10 bits per heavy atom. The first-order valence-corrected chi connectivity index (χ1v) is 12.3. The lowest BCUT2D eigenvalue weighted by Gasteiger charge is -2.23. The van der Waals surface area contributed by atoms with Crippen LogP contribution in [0, 0.1) is 5.82 Å². The van der Waals surface area contributed by atoms with Crippen molar-refractivity contribution in [1.29, 1.82) is 0 Å². The van der Waals surface area contributed by atoms with Crippen LogP contribution in [0.15, 0.2) is 71.3 Å². The summed E-state index contributed by atoms with van der Waals surface area (Å²) in [6.07, 6.45) is 3.23. The zero-order valence-corrected chi connectivity index (χ0v) is 21.3. The number of cyclic esters (lactones) is 1. The van der Waals surface area contributed by atoms with Gasteiger partial charge in [-0.05, 0) is 24.3 Å². The molecular formula is C26H29F3N6O5. The van der Waals surface area contributed by atoms with Gasteiger partial charge in [0.25, 0.3) is 5.91 Å². The second-order valence-corrected chi connectivity index (χ2v) is 8.90. The highest BCUT2D eigenvalue weighted by Crippen LogP contribution is 2.28. The first-order chi connectivity index (χ1) is 19.1. The zero-order valence-electron chi connectivity index (χ0n) is 21.3. The van der Waals surface area contributed by atoms with Gasteiger partial charge in [0.05, 0.1) is 37.6 Å². The Bertz CT molecular complexity index is 1470. The van der Waals surface area contributed by atoms with Crippen molar-refractivity contribution < 1.29 is 28.9 Å². The topological polar surface area (TPSA) is 111 Å². The van der Waals surface area contributed by atoms with Crippen LogP contribution in [-0.2, 0) is 22.6 Å². The van der Waals surface area contributed by atoms with Crippen LogP contribution in [0.2, 0.25) is 0 Å². The average Bonchev–Trinajstić information content (AvgIpc) is 3.29. The maximum absolute atomic E-state index is 15.2. The minimum atomic E-state index is -3.19. The Morgan fingerprint density at radius 3 is 2.38 bits per heavy atom. The number of alkyl halides is 2. The molecule has 0 saturated carbocycles. The first-order valence-electron chi connectivity index (χ1n) is 12.3. The Kier molecular flexibility index (Phi) is 8.46. The molecule has 2 amide bonds. The summed E-state index contributed by atoms with van der Waals surface area (Å²) in [7, 11) is 0. The quantitative estimate of drug-likeness (QED) is 0.470. The summed E-state index contributed by atoms with van der Waals surface area (Å²) in [5.41, 5.74) is -0.524. The van der Waals surface area contributed by atoms with E-state index in [1.807, 2.05) is 5.32 Å². The second kappa shape index (κ2) is 12.0. The molecule has 0 radical (unpaired) electrons. The number of halogens is 3. The largest absolute Gasteiger partial charge is 0.442 e. The van der Waals surface area contributed by atoms with Gasteiger partial charge in [-0.3, -0.25) is 9.69 Å². The summed E-state index contributed by atoms with van der Waals surface area (Å²) in [5.74, 6) is -2.13. The lowest BCUT2D eigenvalue weighted by atomic mass is 10.2. The molecule has 1 saturated heterocycles. The van der Waals surface area contributed by atoms with Crippen molar-refractivity contribution in [1.82, 2.24) is 19.2 Å². The molecule has 1 fully saturated rings. The normalized spacial score (nSPS) is 17.4. The van der Waals surface area contributed by atoms with Crippen LogP contribution in [0.4, 0.5) is 29.3 Å². The molecule has 0 bridgehead atoms. The fraction of sp³-hybridized carbons (Fsp3) is 0.308. The van der Waals surface area contributed by atoms with E-state index in [2.05, 4.69) is 13.2 Å². The van der Waals surface area contributed by atoms with E-state index in [9.17, 15) is 28.0 Å². The van der Waals surface area contributed by atoms with Crippen LogP contribution in [0.25, 0.3) is 5.70 Å². The summed E-state index contributed by atoms with van der Waals surface area (Å²) < 4.78 is 48.6. The molecule has 11 nitrogen and oxygen atoms in total. The predicted molar refractivity (Wildman–Crippen MR) is 144 cm³/mol. The van der Waals surface area contributed by atoms with Crippen molar-refractivity contribution in [3.05, 3.63) is 88.5 Å². The predicted octanol–water partition coefficient (Wildman–Crippen LogP) is 2.19. The number of nitrogens with one attached hydrogen (secondary N) is 1. The van der Waals surface area contributed by atoms with Gasteiger partial charge in [0.15, 0.2) is 0 Å². The van der Waals surface area contributed by atoms with E-state index >= 15 is 4.39 Å². The van der Waals surface area contributed by atoms with Gasteiger partial charge in [0.1, 0.15) is 11.9 Å². The second-order valence-electron chi connectivity index (χ2n) is 8.90. The fourth-order valence-electron chi connectivity index (χ4n) is 4.42. The standard InChI is InChI=1S/C26H27F3N6O5.H2/c1-3-4-5-6-7-17(2)35-24(37)33-12-10-31(11-13-34(33)25(35)38)21-9-8-18(14-20(21)27)32-16-19(40-26(32)39)15-30-23(36)22(28)29;/h3-9,14,19,22H,1-2,10-13,15-16H2,(H,30,36);1H/b5-4-,7-6-;/t19-;/m0./s1. The van der Waals surface area contributed by atoms with Gasteiger partial charge in [-0.25, -0.2) is 32.7 Å². The average molecular weight is 563 g/mol. The van der Waals surface area contributed by atoms with Crippen molar-refractivity contribution in [2.24, 2.45) is 0 Å². The number of hydrogen-bond acceptors (Lipinski definition) is 6. The number of fused-ring (bicyclic) bond motifs is 1. The lowest BCUT2D eigenvalue weighted by molar-refractivity contribution is -0.132. The van der Waals surface area contributed by atoms with Crippen LogP contribution < -0.4 is 26.5 Å². The number of hydrogen-bond donors (Lipinski definition) is 1. The Labute approximate surface area is 227 Å². The number of allylic oxidation sites excluding steroid dienone is 6. The molecule has 2 aliphatic heterocycles. The van der Waals surface area contributed by atoms with Crippen LogP contribution in [0.3, 0.4) is 0 Å². The minimum absolute atomic E-state index is 0. The van der Waals surface area contributed by atoms with E-state index in [-0.39, 0.29) is 57.8 Å². The molecule has 214 valence electrons. The minimum Gasteiger partial charge on any atom is -0.442 e. The molecule has 40 heavy (non-hydrogen) atoms. The van der Waals surface area contributed by atoms with Crippen LogP contribution in [0.5, 0.6) is 0 Å². The van der Waals surface area contributed by atoms with E-state index in [4.69, 9.17) is 4.74 Å². The number of anilines is 2. The third-order valence-corrected chi connectivity index (χ3v) is 6.37. The molecule has 0 aliphatic carbocycles. The molecule has 14 heteroatoms. The van der Waals surface area contributed by atoms with Gasteiger partial charge in [-0.15, -0.1) is 0 Å². The SMILES string of the molecule is C=C/C=C\C=C/C(=C)n1c(=O)n2n(c1=O)CCN(c1ccc(N3C[C@H](CNC(=O)C(F)F)OC3=O)cc1F)CC2.[HH]. The van der Waals surface area contributed by atoms with Crippen molar-refractivity contribution in [2.75, 3.05) is 36.0 Å². The maximum atomic E-state index is 15.2. The van der Waals surface area contributed by atoms with Gasteiger partial charge >= 0.3 is 23.9 Å². The highest BCUT2D eigenvalue weighted by atomic mass is 19.3. The number of amides is 2. The van der Waals surface area contributed by atoms with Gasteiger partial charge in [-0.2, -0.15) is 8.78 Å². The lowest BCUT2D eigenvalue weighted by Crippen LogP contribution is -2.37. The van der Waals surface area contributed by atoms with Gasteiger partial charge in [0.2, 0.25) is 0 Å². The smallest absolute Gasteiger partial charge is 0.414 e. The monoisotopic (exact) mass is 562 g/mol.